The highest BCUT2D eigenvalue weighted by Gasteiger charge is 2.32. The lowest BCUT2D eigenvalue weighted by Gasteiger charge is -2.33. The first-order valence-corrected chi connectivity index (χ1v) is 30.8. The summed E-state index contributed by atoms with van der Waals surface area (Å²) < 4.78 is 5.04. The molecular formula is C72H81N5. The van der Waals surface area contributed by atoms with Gasteiger partial charge in [-0.3, -0.25) is 9.13 Å². The summed E-state index contributed by atoms with van der Waals surface area (Å²) in [5.74, 6) is 4.98. The molecule has 2 aromatic heterocycles. The Hall–Kier alpha value is -6.46. The van der Waals surface area contributed by atoms with Crippen molar-refractivity contribution < 1.29 is 0 Å². The Morgan fingerprint density at radius 3 is 1.08 bits per heavy atom. The van der Waals surface area contributed by atoms with Gasteiger partial charge in [0.15, 0.2) is 0 Å². The van der Waals surface area contributed by atoms with Crippen LogP contribution in [0.3, 0.4) is 0 Å². The average Bonchev–Trinajstić information content (AvgIpc) is 4.27. The van der Waals surface area contributed by atoms with Crippen LogP contribution in [-0.4, -0.2) is 19.1 Å². The van der Waals surface area contributed by atoms with E-state index >= 15 is 0 Å². The molecule has 5 aliphatic rings. The molecule has 8 aromatic rings. The van der Waals surface area contributed by atoms with E-state index in [2.05, 4.69) is 166 Å². The first-order valence-electron chi connectivity index (χ1n) is 30.8. The monoisotopic (exact) mass is 1020 g/mol. The maximum atomic E-state index is 5.32. The molecule has 0 spiro atoms. The number of anilines is 3. The van der Waals surface area contributed by atoms with Crippen LogP contribution in [0.2, 0.25) is 0 Å². The summed E-state index contributed by atoms with van der Waals surface area (Å²) in [7, 11) is 0. The number of rotatable bonds is 13. The number of benzene rings is 6. The minimum atomic E-state index is 0.529. The molecule has 5 heteroatoms. The maximum absolute atomic E-state index is 5.32. The summed E-state index contributed by atoms with van der Waals surface area (Å²) >= 11 is 0. The Balaban J connectivity index is 0.918. The number of para-hydroxylation sites is 1. The highest BCUT2D eigenvalue weighted by atomic mass is 15.1. The van der Waals surface area contributed by atoms with Gasteiger partial charge < -0.3 is 4.90 Å². The molecule has 0 atom stereocenters. The van der Waals surface area contributed by atoms with E-state index in [0.29, 0.717) is 29.6 Å². The quantitative estimate of drug-likeness (QED) is 0.116. The van der Waals surface area contributed by atoms with Crippen LogP contribution in [0.4, 0.5) is 17.1 Å². The number of aromatic nitrogens is 4. The van der Waals surface area contributed by atoms with Crippen LogP contribution < -0.4 is 4.90 Å². The molecule has 0 aliphatic heterocycles. The van der Waals surface area contributed by atoms with Crippen LogP contribution in [-0.2, 0) is 0 Å². The molecule has 394 valence electrons. The molecule has 5 nitrogen and oxygen atoms in total. The lowest BCUT2D eigenvalue weighted by atomic mass is 9.75. The molecule has 0 N–H and O–H groups in total. The molecule has 0 amide bonds. The van der Waals surface area contributed by atoms with Crippen molar-refractivity contribution in [1.82, 2.24) is 19.1 Å². The lowest BCUT2D eigenvalue weighted by Crippen LogP contribution is -2.17. The smallest absolute Gasteiger partial charge is 0.144 e. The van der Waals surface area contributed by atoms with E-state index in [1.54, 1.807) is 16.7 Å². The van der Waals surface area contributed by atoms with Crippen LogP contribution in [0.25, 0.3) is 45.3 Å². The number of imidazole rings is 2. The van der Waals surface area contributed by atoms with Gasteiger partial charge in [0.05, 0.1) is 11.4 Å². The van der Waals surface area contributed by atoms with Gasteiger partial charge in [-0.1, -0.05) is 181 Å². The van der Waals surface area contributed by atoms with Gasteiger partial charge in [-0.05, 0) is 181 Å². The fourth-order valence-corrected chi connectivity index (χ4v) is 15.3. The maximum Gasteiger partial charge on any atom is 0.144 e. The molecular weight excluding hydrogens is 935 g/mol. The van der Waals surface area contributed by atoms with Gasteiger partial charge in [0.1, 0.15) is 11.6 Å². The van der Waals surface area contributed by atoms with E-state index in [-0.39, 0.29) is 0 Å². The summed E-state index contributed by atoms with van der Waals surface area (Å²) in [4.78, 5) is 13.1. The first-order chi connectivity index (χ1) is 38.2. The predicted molar refractivity (Wildman–Crippen MR) is 321 cm³/mol. The Bertz CT molecular complexity index is 3140. The zero-order chi connectivity index (χ0) is 51.3. The van der Waals surface area contributed by atoms with Crippen LogP contribution in [0, 0.1) is 0 Å². The SMILES string of the molecule is c1ccc(-c2cc(C3CCCCC3)c(-n3ccnc3-c3cccc(N(c4ccccc4)c4cccc(-c5nccn5-c5c(C6CCCCC6)cc(C6CCCCC6)cc5C5CCCCC5)c4)c3)c(C3CCCCC3)c2)cc1. The second-order valence-electron chi connectivity index (χ2n) is 24.1. The summed E-state index contributed by atoms with van der Waals surface area (Å²) in [6.45, 7) is 0. The minimum Gasteiger partial charge on any atom is -0.310 e. The average molecular weight is 1020 g/mol. The number of nitrogens with zero attached hydrogens (tertiary/aromatic N) is 5. The van der Waals surface area contributed by atoms with Gasteiger partial charge in [-0.2, -0.15) is 0 Å². The van der Waals surface area contributed by atoms with E-state index in [0.717, 1.165) is 39.8 Å². The molecule has 0 unspecified atom stereocenters. The van der Waals surface area contributed by atoms with E-state index < -0.39 is 0 Å². The largest absolute Gasteiger partial charge is 0.310 e. The van der Waals surface area contributed by atoms with Gasteiger partial charge in [-0.15, -0.1) is 0 Å². The molecule has 0 bridgehead atoms. The molecule has 13 rings (SSSR count). The highest BCUT2D eigenvalue weighted by molar-refractivity contribution is 5.82. The van der Waals surface area contributed by atoms with Crippen molar-refractivity contribution in [2.75, 3.05) is 4.90 Å². The second-order valence-corrected chi connectivity index (χ2v) is 24.1. The van der Waals surface area contributed by atoms with Crippen LogP contribution >= 0.6 is 0 Å². The van der Waals surface area contributed by atoms with Crippen molar-refractivity contribution in [3.8, 4) is 45.3 Å². The Labute approximate surface area is 460 Å². The van der Waals surface area contributed by atoms with E-state index in [1.807, 2.05) is 6.20 Å². The van der Waals surface area contributed by atoms with Crippen molar-refractivity contribution in [1.29, 1.82) is 0 Å². The van der Waals surface area contributed by atoms with Crippen LogP contribution in [0.5, 0.6) is 0 Å². The molecule has 0 radical (unpaired) electrons. The fraction of sp³-hybridized carbons (Fsp3) is 0.417. The Morgan fingerprint density at radius 1 is 0.312 bits per heavy atom. The van der Waals surface area contributed by atoms with Crippen molar-refractivity contribution in [3.05, 3.63) is 186 Å². The van der Waals surface area contributed by atoms with Gasteiger partial charge in [0.2, 0.25) is 0 Å². The third-order valence-corrected chi connectivity index (χ3v) is 19.2. The summed E-state index contributed by atoms with van der Waals surface area (Å²) in [5.41, 5.74) is 19.0. The van der Waals surface area contributed by atoms with Crippen molar-refractivity contribution in [3.63, 3.8) is 0 Å². The molecule has 5 fully saturated rings. The molecule has 5 aliphatic carbocycles. The molecule has 77 heavy (non-hydrogen) atoms. The third-order valence-electron chi connectivity index (χ3n) is 19.2. The van der Waals surface area contributed by atoms with Crippen molar-refractivity contribution in [2.24, 2.45) is 0 Å². The van der Waals surface area contributed by atoms with Gasteiger partial charge in [-0.25, -0.2) is 9.97 Å². The first kappa shape index (κ1) is 50.1. The summed E-state index contributed by atoms with van der Waals surface area (Å²) in [6.07, 6.45) is 41.6. The molecule has 0 saturated heterocycles. The Kier molecular flexibility index (Phi) is 15.1. The normalized spacial score (nSPS) is 18.6. The zero-order valence-electron chi connectivity index (χ0n) is 45.8. The highest BCUT2D eigenvalue weighted by Crippen LogP contribution is 2.49. The molecule has 5 saturated carbocycles. The van der Waals surface area contributed by atoms with Crippen molar-refractivity contribution >= 4 is 17.1 Å². The summed E-state index contributed by atoms with van der Waals surface area (Å²) in [6, 6.07) is 51.2. The molecule has 6 aromatic carbocycles. The standard InChI is InChI=1S/C72H81N5/c1-8-24-52(25-9-1)60-48-65(54-28-12-3-13-29-54)69(66(49-60)55-30-14-4-15-31-55)75-44-42-73-71(75)58-36-22-40-63(46-58)77(62-38-20-7-21-39-62)64-41-23-37-59(47-64)72-74-43-45-76(72)70-67(56-32-16-5-17-33-56)50-61(53-26-10-2-11-27-53)51-68(70)57-34-18-6-19-35-57/h1,7-9,20-25,36-51,53-57H,2-6,10-19,26-35H2. The van der Waals surface area contributed by atoms with Gasteiger partial charge in [0, 0.05) is 53.0 Å². The Morgan fingerprint density at radius 2 is 0.662 bits per heavy atom. The lowest BCUT2D eigenvalue weighted by molar-refractivity contribution is 0.426. The van der Waals surface area contributed by atoms with Crippen LogP contribution in [0.15, 0.2) is 158 Å². The molecule has 2 heterocycles. The number of hydrogen-bond donors (Lipinski definition) is 0. The van der Waals surface area contributed by atoms with E-state index in [4.69, 9.17) is 9.97 Å². The zero-order valence-corrected chi connectivity index (χ0v) is 45.8. The van der Waals surface area contributed by atoms with Gasteiger partial charge in [0.25, 0.3) is 0 Å². The summed E-state index contributed by atoms with van der Waals surface area (Å²) in [5, 5.41) is 0. The van der Waals surface area contributed by atoms with E-state index in [1.165, 1.54) is 194 Å². The number of hydrogen-bond acceptors (Lipinski definition) is 3. The minimum absolute atomic E-state index is 0.529. The van der Waals surface area contributed by atoms with Crippen LogP contribution in [0.1, 0.15) is 218 Å². The second kappa shape index (κ2) is 23.2. The fourth-order valence-electron chi connectivity index (χ4n) is 15.3. The van der Waals surface area contributed by atoms with Gasteiger partial charge >= 0.3 is 0 Å². The third kappa shape index (κ3) is 10.5. The predicted octanol–water partition coefficient (Wildman–Crippen LogP) is 20.8. The van der Waals surface area contributed by atoms with E-state index in [9.17, 15) is 0 Å². The van der Waals surface area contributed by atoms with Crippen molar-refractivity contribution in [2.45, 2.75) is 190 Å². The topological polar surface area (TPSA) is 38.9 Å².